The molecule has 138 valence electrons. The molecule has 2 heterocycles. The lowest BCUT2D eigenvalue weighted by Crippen LogP contribution is -2.22. The minimum absolute atomic E-state index is 0.0241. The third kappa shape index (κ3) is 4.33. The van der Waals surface area contributed by atoms with Gasteiger partial charge in [-0.3, -0.25) is 5.10 Å². The van der Waals surface area contributed by atoms with E-state index in [-0.39, 0.29) is 11.9 Å². The Bertz CT molecular complexity index is 813. The van der Waals surface area contributed by atoms with E-state index in [0.29, 0.717) is 13.2 Å². The number of hydrogen-bond acceptors (Lipinski definition) is 5. The summed E-state index contributed by atoms with van der Waals surface area (Å²) in [5, 5.41) is 18.8. The van der Waals surface area contributed by atoms with Crippen LogP contribution >= 0.6 is 0 Å². The van der Waals surface area contributed by atoms with Gasteiger partial charge in [-0.2, -0.15) is 5.10 Å². The maximum atomic E-state index is 13.1. The number of aryl methyl sites for hydroxylation is 1. The van der Waals surface area contributed by atoms with Gasteiger partial charge < -0.3 is 14.6 Å². The Hall–Kier alpha value is -2.58. The van der Waals surface area contributed by atoms with Crippen LogP contribution in [0.3, 0.4) is 0 Å². The summed E-state index contributed by atoms with van der Waals surface area (Å²) in [6.45, 7) is 4.17. The minimum Gasteiger partial charge on any atom is -0.385 e. The van der Waals surface area contributed by atoms with Crippen LogP contribution in [-0.4, -0.2) is 38.7 Å². The zero-order valence-electron chi connectivity index (χ0n) is 14.9. The molecule has 0 aliphatic rings. The van der Waals surface area contributed by atoms with Gasteiger partial charge in [-0.15, -0.1) is 10.2 Å². The lowest BCUT2D eigenvalue weighted by Gasteiger charge is -2.15. The molecule has 0 spiro atoms. The third-order valence-corrected chi connectivity index (χ3v) is 4.23. The average molecular weight is 358 g/mol. The number of methoxy groups -OCH3 is 1. The number of ether oxygens (including phenoxy) is 1. The van der Waals surface area contributed by atoms with Crippen molar-refractivity contribution in [3.63, 3.8) is 0 Å². The van der Waals surface area contributed by atoms with Gasteiger partial charge in [0.1, 0.15) is 18.0 Å². The zero-order chi connectivity index (χ0) is 18.4. The molecular formula is C18H23FN6O. The average Bonchev–Trinajstić information content (AvgIpc) is 3.30. The quantitative estimate of drug-likeness (QED) is 0.575. The first kappa shape index (κ1) is 18.2. The van der Waals surface area contributed by atoms with Crippen LogP contribution in [0.4, 0.5) is 4.39 Å². The highest BCUT2D eigenvalue weighted by molar-refractivity contribution is 5.62. The molecular weight excluding hydrogens is 335 g/mol. The number of rotatable bonds is 9. The van der Waals surface area contributed by atoms with Crippen molar-refractivity contribution in [2.24, 2.45) is 0 Å². The second kappa shape index (κ2) is 8.68. The van der Waals surface area contributed by atoms with E-state index in [2.05, 4.69) is 32.6 Å². The molecule has 3 rings (SSSR count). The number of H-pyrrole nitrogens is 1. The molecule has 26 heavy (non-hydrogen) atoms. The summed E-state index contributed by atoms with van der Waals surface area (Å²) in [7, 11) is 1.70. The molecule has 0 aliphatic heterocycles. The molecule has 0 amide bonds. The molecule has 0 bridgehead atoms. The van der Waals surface area contributed by atoms with Gasteiger partial charge in [-0.25, -0.2) is 4.39 Å². The van der Waals surface area contributed by atoms with Crippen molar-refractivity contribution in [1.82, 2.24) is 30.3 Å². The fourth-order valence-electron chi connectivity index (χ4n) is 2.82. The van der Waals surface area contributed by atoms with E-state index in [1.165, 1.54) is 12.1 Å². The molecule has 0 saturated heterocycles. The molecule has 0 aliphatic carbocycles. The highest BCUT2D eigenvalue weighted by atomic mass is 19.1. The topological polar surface area (TPSA) is 80.7 Å². The largest absolute Gasteiger partial charge is 0.385 e. The van der Waals surface area contributed by atoms with Crippen LogP contribution in [0.25, 0.3) is 11.3 Å². The summed E-state index contributed by atoms with van der Waals surface area (Å²) < 4.78 is 20.3. The number of hydrogen-bond donors (Lipinski definition) is 2. The van der Waals surface area contributed by atoms with Crippen molar-refractivity contribution >= 4 is 0 Å². The summed E-state index contributed by atoms with van der Waals surface area (Å²) in [5.74, 6) is 0.627. The highest BCUT2D eigenvalue weighted by Gasteiger charge is 2.14. The van der Waals surface area contributed by atoms with Crippen molar-refractivity contribution in [3.8, 4) is 11.3 Å². The van der Waals surface area contributed by atoms with Gasteiger partial charge in [0.05, 0.1) is 17.9 Å². The molecule has 8 heteroatoms. The summed E-state index contributed by atoms with van der Waals surface area (Å²) in [6, 6.07) is 6.39. The van der Waals surface area contributed by atoms with Crippen molar-refractivity contribution < 1.29 is 9.13 Å². The van der Waals surface area contributed by atoms with E-state index in [1.54, 1.807) is 31.8 Å². The molecule has 1 atom stereocenters. The molecule has 0 unspecified atom stereocenters. The van der Waals surface area contributed by atoms with E-state index < -0.39 is 0 Å². The Morgan fingerprint density at radius 3 is 2.88 bits per heavy atom. The van der Waals surface area contributed by atoms with Gasteiger partial charge in [-0.1, -0.05) is 0 Å². The van der Waals surface area contributed by atoms with Gasteiger partial charge in [0, 0.05) is 37.9 Å². The van der Waals surface area contributed by atoms with Crippen LogP contribution in [0.15, 0.2) is 36.8 Å². The Kier molecular flexibility index (Phi) is 6.08. The highest BCUT2D eigenvalue weighted by Crippen LogP contribution is 2.22. The molecule has 0 radical (unpaired) electrons. The normalized spacial score (nSPS) is 12.4. The Morgan fingerprint density at radius 2 is 2.12 bits per heavy atom. The molecule has 2 aromatic heterocycles. The first-order valence-corrected chi connectivity index (χ1v) is 8.57. The molecule has 3 aromatic rings. The second-order valence-electron chi connectivity index (χ2n) is 6.11. The van der Waals surface area contributed by atoms with Crippen LogP contribution in [0.1, 0.15) is 30.8 Å². The maximum Gasteiger partial charge on any atom is 0.149 e. The number of benzene rings is 1. The van der Waals surface area contributed by atoms with Crippen molar-refractivity contribution in [3.05, 3.63) is 54.0 Å². The fourth-order valence-corrected chi connectivity index (χ4v) is 2.82. The van der Waals surface area contributed by atoms with Gasteiger partial charge in [0.15, 0.2) is 0 Å². The molecule has 7 nitrogen and oxygen atoms in total. The fraction of sp³-hybridized carbons (Fsp3) is 0.389. The van der Waals surface area contributed by atoms with E-state index >= 15 is 0 Å². The van der Waals surface area contributed by atoms with Crippen LogP contribution < -0.4 is 5.32 Å². The molecule has 0 fully saturated rings. The second-order valence-corrected chi connectivity index (χ2v) is 6.11. The van der Waals surface area contributed by atoms with Gasteiger partial charge in [0.2, 0.25) is 0 Å². The Labute approximate surface area is 151 Å². The molecule has 0 saturated carbocycles. The third-order valence-electron chi connectivity index (χ3n) is 4.23. The van der Waals surface area contributed by atoms with Gasteiger partial charge >= 0.3 is 0 Å². The van der Waals surface area contributed by atoms with E-state index in [4.69, 9.17) is 4.74 Å². The predicted molar refractivity (Wildman–Crippen MR) is 95.8 cm³/mol. The summed E-state index contributed by atoms with van der Waals surface area (Å²) in [6.07, 6.45) is 4.43. The monoisotopic (exact) mass is 358 g/mol. The summed E-state index contributed by atoms with van der Waals surface area (Å²) in [5.41, 5.74) is 2.79. The van der Waals surface area contributed by atoms with Gasteiger partial charge in [-0.05, 0) is 37.6 Å². The Morgan fingerprint density at radius 1 is 1.31 bits per heavy atom. The minimum atomic E-state index is -0.255. The predicted octanol–water partition coefficient (Wildman–Crippen LogP) is 2.69. The summed E-state index contributed by atoms with van der Waals surface area (Å²) in [4.78, 5) is 0. The summed E-state index contributed by atoms with van der Waals surface area (Å²) >= 11 is 0. The zero-order valence-corrected chi connectivity index (χ0v) is 14.9. The number of aromatic nitrogens is 5. The standard InChI is InChI=1S/C18H23FN6O/c1-13(18-24-22-12-25(18)8-3-9-26-2)20-10-15-11-21-23-17(15)14-4-6-16(19)7-5-14/h4-7,11-13,20H,3,8-10H2,1-2H3,(H,21,23)/t13-/m1/s1. The van der Waals surface area contributed by atoms with Crippen molar-refractivity contribution in [1.29, 1.82) is 0 Å². The smallest absolute Gasteiger partial charge is 0.149 e. The van der Waals surface area contributed by atoms with E-state index in [0.717, 1.165) is 35.6 Å². The maximum absolute atomic E-state index is 13.1. The number of nitrogens with one attached hydrogen (secondary N) is 2. The lowest BCUT2D eigenvalue weighted by molar-refractivity contribution is 0.189. The van der Waals surface area contributed by atoms with Gasteiger partial charge in [0.25, 0.3) is 0 Å². The first-order valence-electron chi connectivity index (χ1n) is 8.57. The van der Waals surface area contributed by atoms with E-state index in [1.807, 2.05) is 4.57 Å². The number of halogens is 1. The first-order chi connectivity index (χ1) is 12.7. The Balaban J connectivity index is 1.64. The number of aromatic amines is 1. The van der Waals surface area contributed by atoms with Crippen molar-refractivity contribution in [2.45, 2.75) is 32.5 Å². The van der Waals surface area contributed by atoms with Crippen LogP contribution in [0.2, 0.25) is 0 Å². The lowest BCUT2D eigenvalue weighted by atomic mass is 10.1. The molecule has 2 N–H and O–H groups in total. The SMILES string of the molecule is COCCCn1cnnc1[C@@H](C)NCc1cn[nH]c1-c1ccc(F)cc1. The van der Waals surface area contributed by atoms with Crippen molar-refractivity contribution in [2.75, 3.05) is 13.7 Å². The van der Waals surface area contributed by atoms with Crippen LogP contribution in [0, 0.1) is 5.82 Å². The van der Waals surface area contributed by atoms with Crippen LogP contribution in [0.5, 0.6) is 0 Å². The van der Waals surface area contributed by atoms with E-state index in [9.17, 15) is 4.39 Å². The van der Waals surface area contributed by atoms with Crippen LogP contribution in [-0.2, 0) is 17.8 Å². The molecule has 1 aromatic carbocycles. The number of nitrogens with zero attached hydrogens (tertiary/aromatic N) is 4.